The Morgan fingerprint density at radius 3 is 2.29 bits per heavy atom. The van der Waals surface area contributed by atoms with E-state index in [0.29, 0.717) is 0 Å². The Labute approximate surface area is 113 Å². The van der Waals surface area contributed by atoms with Gasteiger partial charge in [0.2, 0.25) is 0 Å². The van der Waals surface area contributed by atoms with E-state index in [1.54, 1.807) is 0 Å². The van der Waals surface area contributed by atoms with Crippen LogP contribution in [0.1, 0.15) is 44.9 Å². The average molecular weight is 261 g/mol. The van der Waals surface area contributed by atoms with Crippen molar-refractivity contribution in [3.63, 3.8) is 0 Å². The molecular formula is C14H29ClN2. The number of nitrogens with one attached hydrogen (secondary N) is 1. The largest absolute Gasteiger partial charge is 0.317 e. The highest BCUT2D eigenvalue weighted by molar-refractivity contribution is 5.85. The molecule has 102 valence electrons. The van der Waals surface area contributed by atoms with E-state index in [4.69, 9.17) is 0 Å². The van der Waals surface area contributed by atoms with Gasteiger partial charge in [0.1, 0.15) is 0 Å². The van der Waals surface area contributed by atoms with Crippen LogP contribution in [0, 0.1) is 11.8 Å². The van der Waals surface area contributed by atoms with Gasteiger partial charge in [-0.25, -0.2) is 0 Å². The first-order valence-corrected chi connectivity index (χ1v) is 7.24. The molecular weight excluding hydrogens is 232 g/mol. The summed E-state index contributed by atoms with van der Waals surface area (Å²) in [7, 11) is 2.32. The number of hydrogen-bond donors (Lipinski definition) is 1. The summed E-state index contributed by atoms with van der Waals surface area (Å²) in [6, 6.07) is 0. The summed E-state index contributed by atoms with van der Waals surface area (Å²) in [4.78, 5) is 2.58. The van der Waals surface area contributed by atoms with Crippen LogP contribution in [0.3, 0.4) is 0 Å². The molecule has 1 saturated heterocycles. The summed E-state index contributed by atoms with van der Waals surface area (Å²) in [5, 5.41) is 3.45. The maximum Gasteiger partial charge on any atom is 0.000661 e. The van der Waals surface area contributed by atoms with Crippen molar-refractivity contribution in [3.8, 4) is 0 Å². The molecule has 1 heterocycles. The molecule has 0 bridgehead atoms. The van der Waals surface area contributed by atoms with Gasteiger partial charge >= 0.3 is 0 Å². The number of piperidine rings is 1. The lowest BCUT2D eigenvalue weighted by molar-refractivity contribution is 0.241. The molecule has 1 saturated carbocycles. The van der Waals surface area contributed by atoms with Crippen molar-refractivity contribution in [1.82, 2.24) is 10.2 Å². The van der Waals surface area contributed by atoms with Gasteiger partial charge in [0.05, 0.1) is 0 Å². The zero-order chi connectivity index (χ0) is 11.2. The highest BCUT2D eigenvalue weighted by Gasteiger charge is 2.18. The Morgan fingerprint density at radius 1 is 1.00 bits per heavy atom. The third-order valence-corrected chi connectivity index (χ3v) is 4.42. The van der Waals surface area contributed by atoms with E-state index in [9.17, 15) is 0 Å². The predicted octanol–water partition coefficient (Wildman–Crippen LogP) is 2.92. The summed E-state index contributed by atoms with van der Waals surface area (Å²) in [5.74, 6) is 2.00. The first-order valence-electron chi connectivity index (χ1n) is 7.24. The number of hydrogen-bond acceptors (Lipinski definition) is 2. The second kappa shape index (κ2) is 8.34. The molecule has 2 aliphatic rings. The minimum absolute atomic E-state index is 0. The SMILES string of the molecule is CN(CCC1CCNCC1)CC1CCCC1.Cl. The van der Waals surface area contributed by atoms with E-state index in [2.05, 4.69) is 17.3 Å². The molecule has 0 unspecified atom stereocenters. The highest BCUT2D eigenvalue weighted by Crippen LogP contribution is 2.25. The van der Waals surface area contributed by atoms with Crippen LogP contribution < -0.4 is 5.32 Å². The zero-order valence-electron chi connectivity index (χ0n) is 11.3. The van der Waals surface area contributed by atoms with Gasteiger partial charge in [0.15, 0.2) is 0 Å². The molecule has 1 aliphatic carbocycles. The van der Waals surface area contributed by atoms with Crippen molar-refractivity contribution in [2.75, 3.05) is 33.2 Å². The standard InChI is InChI=1S/C14H28N2.ClH/c1-16(12-14-4-2-3-5-14)11-8-13-6-9-15-10-7-13;/h13-15H,2-12H2,1H3;1H. The van der Waals surface area contributed by atoms with Crippen molar-refractivity contribution < 1.29 is 0 Å². The number of rotatable bonds is 5. The molecule has 0 aromatic heterocycles. The van der Waals surface area contributed by atoms with Crippen molar-refractivity contribution in [2.45, 2.75) is 44.9 Å². The fraction of sp³-hybridized carbons (Fsp3) is 1.00. The molecule has 2 rings (SSSR count). The second-order valence-electron chi connectivity index (χ2n) is 5.89. The van der Waals surface area contributed by atoms with Crippen LogP contribution in [0.15, 0.2) is 0 Å². The van der Waals surface area contributed by atoms with Gasteiger partial charge in [-0.15, -0.1) is 12.4 Å². The number of halogens is 1. The predicted molar refractivity (Wildman–Crippen MR) is 76.9 cm³/mol. The first-order chi connectivity index (χ1) is 7.84. The summed E-state index contributed by atoms with van der Waals surface area (Å²) >= 11 is 0. The lowest BCUT2D eigenvalue weighted by atomic mass is 9.94. The molecule has 0 aromatic carbocycles. The topological polar surface area (TPSA) is 15.3 Å². The average Bonchev–Trinajstić information content (AvgIpc) is 2.81. The van der Waals surface area contributed by atoms with Crippen LogP contribution in [0.5, 0.6) is 0 Å². The molecule has 3 heteroatoms. The molecule has 0 aromatic rings. The maximum absolute atomic E-state index is 3.45. The summed E-state index contributed by atoms with van der Waals surface area (Å²) in [6.07, 6.45) is 10.1. The lowest BCUT2D eigenvalue weighted by Crippen LogP contribution is -2.31. The van der Waals surface area contributed by atoms with Crippen molar-refractivity contribution in [1.29, 1.82) is 0 Å². The minimum atomic E-state index is 0. The normalized spacial score (nSPS) is 22.9. The van der Waals surface area contributed by atoms with Crippen molar-refractivity contribution in [3.05, 3.63) is 0 Å². The molecule has 0 radical (unpaired) electrons. The monoisotopic (exact) mass is 260 g/mol. The number of nitrogens with zero attached hydrogens (tertiary/aromatic N) is 1. The molecule has 1 N–H and O–H groups in total. The zero-order valence-corrected chi connectivity index (χ0v) is 12.1. The Morgan fingerprint density at radius 2 is 1.65 bits per heavy atom. The van der Waals surface area contributed by atoms with Gasteiger partial charge in [-0.2, -0.15) is 0 Å². The van der Waals surface area contributed by atoms with Gasteiger partial charge in [-0.1, -0.05) is 12.8 Å². The maximum atomic E-state index is 3.45. The Hall–Kier alpha value is 0.210. The van der Waals surface area contributed by atoms with Gasteiger partial charge in [0.25, 0.3) is 0 Å². The smallest absolute Gasteiger partial charge is 0.000661 e. The Kier molecular flexibility index (Phi) is 7.49. The third-order valence-electron chi connectivity index (χ3n) is 4.42. The quantitative estimate of drug-likeness (QED) is 0.818. The van der Waals surface area contributed by atoms with Crippen LogP contribution >= 0.6 is 12.4 Å². The van der Waals surface area contributed by atoms with E-state index in [1.807, 2.05) is 0 Å². The molecule has 0 amide bonds. The van der Waals surface area contributed by atoms with E-state index < -0.39 is 0 Å². The van der Waals surface area contributed by atoms with E-state index in [0.717, 1.165) is 11.8 Å². The second-order valence-corrected chi connectivity index (χ2v) is 5.89. The third kappa shape index (κ3) is 5.58. The van der Waals surface area contributed by atoms with Crippen molar-refractivity contribution >= 4 is 12.4 Å². The fourth-order valence-corrected chi connectivity index (χ4v) is 3.30. The first kappa shape index (κ1) is 15.3. The molecule has 2 nitrogen and oxygen atoms in total. The minimum Gasteiger partial charge on any atom is -0.317 e. The van der Waals surface area contributed by atoms with Crippen LogP contribution in [-0.4, -0.2) is 38.1 Å². The lowest BCUT2D eigenvalue weighted by Gasteiger charge is -2.26. The summed E-state index contributed by atoms with van der Waals surface area (Å²) < 4.78 is 0. The summed E-state index contributed by atoms with van der Waals surface area (Å²) in [6.45, 7) is 5.17. The fourth-order valence-electron chi connectivity index (χ4n) is 3.30. The van der Waals surface area contributed by atoms with Gasteiger partial charge < -0.3 is 10.2 Å². The van der Waals surface area contributed by atoms with Crippen LogP contribution in [-0.2, 0) is 0 Å². The van der Waals surface area contributed by atoms with Crippen LogP contribution in [0.25, 0.3) is 0 Å². The van der Waals surface area contributed by atoms with Crippen molar-refractivity contribution in [2.24, 2.45) is 11.8 Å². The molecule has 2 fully saturated rings. The van der Waals surface area contributed by atoms with Gasteiger partial charge in [-0.05, 0) is 70.6 Å². The van der Waals surface area contributed by atoms with Crippen LogP contribution in [0.2, 0.25) is 0 Å². The highest BCUT2D eigenvalue weighted by atomic mass is 35.5. The Bertz CT molecular complexity index is 187. The molecule has 1 aliphatic heterocycles. The summed E-state index contributed by atoms with van der Waals surface area (Å²) in [5.41, 5.74) is 0. The molecule has 0 spiro atoms. The Balaban J connectivity index is 0.00000144. The van der Waals surface area contributed by atoms with Gasteiger partial charge in [-0.3, -0.25) is 0 Å². The van der Waals surface area contributed by atoms with Gasteiger partial charge in [0, 0.05) is 6.54 Å². The molecule has 17 heavy (non-hydrogen) atoms. The van der Waals surface area contributed by atoms with E-state index in [1.165, 1.54) is 71.1 Å². The van der Waals surface area contributed by atoms with E-state index >= 15 is 0 Å². The van der Waals surface area contributed by atoms with Crippen LogP contribution in [0.4, 0.5) is 0 Å². The van der Waals surface area contributed by atoms with E-state index in [-0.39, 0.29) is 12.4 Å². The molecule has 0 atom stereocenters.